The largest absolute Gasteiger partial charge is 4.00 e. The van der Waals surface area contributed by atoms with Crippen LogP contribution in [0.15, 0.2) is 0 Å². The summed E-state index contributed by atoms with van der Waals surface area (Å²) in [6.45, 7) is 0. The van der Waals surface area contributed by atoms with Crippen molar-refractivity contribution in [1.82, 2.24) is 0 Å². The summed E-state index contributed by atoms with van der Waals surface area (Å²) in [5.74, 6) is 0. The van der Waals surface area contributed by atoms with E-state index in [1.54, 1.807) is 0 Å². The zero-order valence-electron chi connectivity index (χ0n) is 3.44. The predicted molar refractivity (Wildman–Crippen MR) is 18.6 cm³/mol. The Morgan fingerprint density at radius 1 is 0.500 bits per heavy atom. The van der Waals surface area contributed by atoms with Crippen molar-refractivity contribution < 1.29 is 32.7 Å². The van der Waals surface area contributed by atoms with Crippen LogP contribution in [0.4, 0.5) is 0 Å². The van der Waals surface area contributed by atoms with Crippen molar-refractivity contribution >= 4 is 113 Å². The first-order valence-electron chi connectivity index (χ1n) is 0. The molecule has 0 N–H and O–H groups in total. The number of hydrogen-bond acceptors (Lipinski definition) is 0. The smallest absolute Gasteiger partial charge is 2.00 e. The van der Waals surface area contributed by atoms with Gasteiger partial charge < -0.3 is 11.0 Å². The summed E-state index contributed by atoms with van der Waals surface area (Å²) in [7, 11) is 0. The van der Waals surface area contributed by atoms with E-state index >= 15 is 0 Å². The second-order valence-corrected chi connectivity index (χ2v) is 0. The van der Waals surface area contributed by atoms with E-state index < -0.39 is 0 Å². The minimum Gasteiger partial charge on any atom is -2.00 e. The van der Waals surface area contributed by atoms with Gasteiger partial charge in [0.25, 0.3) is 0 Å². The normalized spacial score (nSPS) is 0. The summed E-state index contributed by atoms with van der Waals surface area (Å²) in [5, 5.41) is 0. The van der Waals surface area contributed by atoms with Gasteiger partial charge in [-0.2, -0.15) is 0 Å². The van der Waals surface area contributed by atoms with E-state index in [0.29, 0.717) is 0 Å². The minimum absolute atomic E-state index is 0. The molecular weight excluding hydrogens is 200 g/mol. The van der Waals surface area contributed by atoms with Crippen LogP contribution in [-0.2, 0) is 32.7 Å². The van der Waals surface area contributed by atoms with Gasteiger partial charge in [-0.1, -0.05) is 0 Å². The zero-order chi connectivity index (χ0) is 0. The van der Waals surface area contributed by atoms with Crippen LogP contribution in [0.2, 0.25) is 0 Å². The monoisotopic (exact) mass is 200 g/mol. The molecule has 0 heterocycles. The summed E-state index contributed by atoms with van der Waals surface area (Å²) in [6.07, 6.45) is 0. The molecule has 16 valence electrons. The molecule has 0 aromatic carbocycles. The maximum Gasteiger partial charge on any atom is 4.00 e. The predicted octanol–water partition coefficient (Wildman–Crippen LogP) is -1.38. The SMILES string of the molecule is [Ca+2].[Ca+2].[Ca+2].[O-2].[O-2].[Ti+4]. The van der Waals surface area contributed by atoms with Crippen LogP contribution in [0.1, 0.15) is 0 Å². The molecular formula is Ca3O2Ti+6. The molecule has 0 aliphatic carbocycles. The molecule has 0 amide bonds. The fourth-order valence-corrected chi connectivity index (χ4v) is 0. The molecule has 0 spiro atoms. The molecule has 0 fully saturated rings. The van der Waals surface area contributed by atoms with Crippen LogP contribution < -0.4 is 0 Å². The fourth-order valence-electron chi connectivity index (χ4n) is 0. The number of rotatable bonds is 0. The fraction of sp³-hybridized carbons (Fsp3) is 0. The van der Waals surface area contributed by atoms with Gasteiger partial charge in [0.05, 0.1) is 0 Å². The standard InChI is InChI=1S/3Ca.2O.Ti/q3*+2;2*-2;+4. The summed E-state index contributed by atoms with van der Waals surface area (Å²) in [6, 6.07) is 0. The van der Waals surface area contributed by atoms with E-state index in [2.05, 4.69) is 0 Å². The summed E-state index contributed by atoms with van der Waals surface area (Å²) >= 11 is 0. The molecule has 0 radical (unpaired) electrons. The molecule has 0 unspecified atom stereocenters. The Morgan fingerprint density at radius 2 is 0.500 bits per heavy atom. The first-order chi connectivity index (χ1) is 0. The van der Waals surface area contributed by atoms with Crippen molar-refractivity contribution in [3.8, 4) is 0 Å². The average Bonchev–Trinajstić information content (AvgIpc) is 0. The average molecular weight is 200 g/mol. The first kappa shape index (κ1) is 47.4. The quantitative estimate of drug-likeness (QED) is 0.433. The third kappa shape index (κ3) is 23.7. The van der Waals surface area contributed by atoms with Gasteiger partial charge in [0.1, 0.15) is 0 Å². The first-order valence-corrected chi connectivity index (χ1v) is 0. The molecule has 0 aliphatic heterocycles. The molecule has 6 heteroatoms. The van der Waals surface area contributed by atoms with Crippen molar-refractivity contribution in [2.45, 2.75) is 0 Å². The minimum atomic E-state index is 0. The maximum absolute atomic E-state index is 0. The Hall–Kier alpha value is 4.41. The van der Waals surface area contributed by atoms with Crippen molar-refractivity contribution in [2.24, 2.45) is 0 Å². The molecule has 0 rings (SSSR count). The van der Waals surface area contributed by atoms with Crippen molar-refractivity contribution in [3.05, 3.63) is 0 Å². The molecule has 0 aromatic heterocycles. The van der Waals surface area contributed by atoms with Crippen molar-refractivity contribution in [2.75, 3.05) is 0 Å². The van der Waals surface area contributed by atoms with E-state index in [9.17, 15) is 0 Å². The van der Waals surface area contributed by atoms with Gasteiger partial charge >= 0.3 is 135 Å². The van der Waals surface area contributed by atoms with E-state index in [1.165, 1.54) is 0 Å². The molecule has 0 aliphatic rings. The van der Waals surface area contributed by atoms with Gasteiger partial charge in [-0.15, -0.1) is 0 Å². The second kappa shape index (κ2) is 34.2. The Morgan fingerprint density at radius 3 is 0.500 bits per heavy atom. The van der Waals surface area contributed by atoms with Gasteiger partial charge in [0.2, 0.25) is 0 Å². The molecule has 0 bridgehead atoms. The van der Waals surface area contributed by atoms with Crippen LogP contribution in [0, 0.1) is 0 Å². The second-order valence-electron chi connectivity index (χ2n) is 0. The topological polar surface area (TPSA) is 57.0 Å². The van der Waals surface area contributed by atoms with E-state index in [-0.39, 0.29) is 146 Å². The molecule has 6 heavy (non-hydrogen) atoms. The molecule has 0 atom stereocenters. The third-order valence-corrected chi connectivity index (χ3v) is 0. The summed E-state index contributed by atoms with van der Waals surface area (Å²) in [4.78, 5) is 0. The number of hydrogen-bond donors (Lipinski definition) is 0. The Balaban J connectivity index is 0. The molecule has 0 aromatic rings. The third-order valence-electron chi connectivity index (χ3n) is 0. The zero-order valence-corrected chi connectivity index (χ0v) is 11.6. The van der Waals surface area contributed by atoms with E-state index in [0.717, 1.165) is 0 Å². The van der Waals surface area contributed by atoms with Gasteiger partial charge in [-0.3, -0.25) is 0 Å². The van der Waals surface area contributed by atoms with E-state index in [1.807, 2.05) is 0 Å². The van der Waals surface area contributed by atoms with Gasteiger partial charge in [0.15, 0.2) is 0 Å². The Kier molecular flexibility index (Phi) is 270. The molecule has 0 saturated heterocycles. The van der Waals surface area contributed by atoms with E-state index in [4.69, 9.17) is 0 Å². The Labute approximate surface area is 142 Å². The van der Waals surface area contributed by atoms with Crippen LogP contribution in [0.25, 0.3) is 0 Å². The summed E-state index contributed by atoms with van der Waals surface area (Å²) in [5.41, 5.74) is 0. The van der Waals surface area contributed by atoms with Crippen LogP contribution in [-0.4, -0.2) is 113 Å². The van der Waals surface area contributed by atoms with Crippen LogP contribution in [0.5, 0.6) is 0 Å². The maximum atomic E-state index is 0. The van der Waals surface area contributed by atoms with Crippen molar-refractivity contribution in [3.63, 3.8) is 0 Å². The van der Waals surface area contributed by atoms with Crippen LogP contribution in [0.3, 0.4) is 0 Å². The van der Waals surface area contributed by atoms with Crippen LogP contribution >= 0.6 is 0 Å². The Bertz CT molecular complexity index is 8.75. The molecule has 2 nitrogen and oxygen atoms in total. The van der Waals surface area contributed by atoms with Gasteiger partial charge in [0, 0.05) is 0 Å². The van der Waals surface area contributed by atoms with Crippen molar-refractivity contribution in [1.29, 1.82) is 0 Å². The van der Waals surface area contributed by atoms with Gasteiger partial charge in [-0.05, 0) is 0 Å². The molecule has 0 saturated carbocycles. The van der Waals surface area contributed by atoms with Gasteiger partial charge in [-0.25, -0.2) is 0 Å². The summed E-state index contributed by atoms with van der Waals surface area (Å²) < 4.78 is 0.